The first-order chi connectivity index (χ1) is 8.04. The lowest BCUT2D eigenvalue weighted by Gasteiger charge is -2.10. The van der Waals surface area contributed by atoms with E-state index in [0.29, 0.717) is 19.5 Å². The van der Waals surface area contributed by atoms with Crippen molar-refractivity contribution in [2.24, 2.45) is 0 Å². The van der Waals surface area contributed by atoms with E-state index in [2.05, 4.69) is 44.8 Å². The van der Waals surface area contributed by atoms with Crippen LogP contribution in [0.15, 0.2) is 24.8 Å². The molecule has 0 aromatic heterocycles. The smallest absolute Gasteiger partial charge is 0.150 e. The van der Waals surface area contributed by atoms with E-state index in [9.17, 15) is 4.79 Å². The number of Topliss-reactive ketones (excluding diaryl/α,β-unsaturated/α-hetero) is 1. The van der Waals surface area contributed by atoms with Crippen molar-refractivity contribution < 1.29 is 4.79 Å². The summed E-state index contributed by atoms with van der Waals surface area (Å²) in [5.41, 5.74) is 4.83. The summed E-state index contributed by atoms with van der Waals surface area (Å²) in [6.07, 6.45) is 2.28. The van der Waals surface area contributed by atoms with Gasteiger partial charge in [0.25, 0.3) is 0 Å². The van der Waals surface area contributed by atoms with E-state index in [1.54, 1.807) is 6.08 Å². The molecule has 0 unspecified atom stereocenters. The van der Waals surface area contributed by atoms with Crippen molar-refractivity contribution in [1.29, 1.82) is 0 Å². The third-order valence-corrected chi connectivity index (χ3v) is 2.83. The largest absolute Gasteiger partial charge is 0.307 e. The Morgan fingerprint density at radius 1 is 1.29 bits per heavy atom. The first kappa shape index (κ1) is 13.7. The van der Waals surface area contributed by atoms with Gasteiger partial charge in [0.2, 0.25) is 0 Å². The average molecular weight is 231 g/mol. The first-order valence-electron chi connectivity index (χ1n) is 5.94. The van der Waals surface area contributed by atoms with Crippen molar-refractivity contribution in [3.8, 4) is 0 Å². The summed E-state index contributed by atoms with van der Waals surface area (Å²) in [6, 6.07) is 4.26. The number of ketones is 1. The number of rotatable bonds is 6. The van der Waals surface area contributed by atoms with Gasteiger partial charge in [-0.1, -0.05) is 23.8 Å². The summed E-state index contributed by atoms with van der Waals surface area (Å²) in [5.74, 6) is 0.224. The summed E-state index contributed by atoms with van der Waals surface area (Å²) < 4.78 is 0. The molecule has 0 bridgehead atoms. The highest BCUT2D eigenvalue weighted by Gasteiger charge is 2.08. The molecule has 0 aliphatic heterocycles. The lowest BCUT2D eigenvalue weighted by atomic mass is 9.96. The molecule has 1 rings (SSSR count). The molecule has 0 atom stereocenters. The number of carbonyl (C=O) groups is 1. The minimum absolute atomic E-state index is 0.224. The van der Waals surface area contributed by atoms with E-state index >= 15 is 0 Å². The van der Waals surface area contributed by atoms with Gasteiger partial charge in [0.05, 0.1) is 6.54 Å². The fraction of sp³-hybridized carbons (Fsp3) is 0.400. The molecule has 0 amide bonds. The molecule has 0 spiro atoms. The normalized spacial score (nSPS) is 10.3. The van der Waals surface area contributed by atoms with E-state index in [4.69, 9.17) is 0 Å². The van der Waals surface area contributed by atoms with E-state index in [1.807, 2.05) is 0 Å². The topological polar surface area (TPSA) is 29.1 Å². The number of hydrogen-bond donors (Lipinski definition) is 1. The van der Waals surface area contributed by atoms with Crippen LogP contribution < -0.4 is 5.32 Å². The molecular formula is C15H21NO. The van der Waals surface area contributed by atoms with Crippen molar-refractivity contribution in [3.05, 3.63) is 47.0 Å². The predicted molar refractivity (Wildman–Crippen MR) is 72.4 cm³/mol. The standard InChI is InChI=1S/C15H21NO/c1-5-6-16-10-14(17)9-15-12(3)7-11(2)8-13(15)4/h5,7-8,16H,1,6,9-10H2,2-4H3. The van der Waals surface area contributed by atoms with Crippen LogP contribution in [0.25, 0.3) is 0 Å². The van der Waals surface area contributed by atoms with Crippen LogP contribution >= 0.6 is 0 Å². The molecule has 1 aromatic carbocycles. The number of hydrogen-bond acceptors (Lipinski definition) is 2. The number of carbonyl (C=O) groups excluding carboxylic acids is 1. The first-order valence-corrected chi connectivity index (χ1v) is 5.94. The quantitative estimate of drug-likeness (QED) is 0.602. The molecule has 0 aliphatic rings. The maximum Gasteiger partial charge on any atom is 0.150 e. The molecule has 1 aromatic rings. The second-order valence-electron chi connectivity index (χ2n) is 4.51. The Kier molecular flexibility index (Phi) is 5.11. The van der Waals surface area contributed by atoms with Crippen LogP contribution in [-0.2, 0) is 11.2 Å². The van der Waals surface area contributed by atoms with Crippen LogP contribution in [0, 0.1) is 20.8 Å². The predicted octanol–water partition coefficient (Wildman–Crippen LogP) is 2.50. The molecule has 1 N–H and O–H groups in total. The number of nitrogens with one attached hydrogen (secondary N) is 1. The lowest BCUT2D eigenvalue weighted by molar-refractivity contribution is -0.117. The molecule has 0 saturated heterocycles. The Morgan fingerprint density at radius 3 is 2.41 bits per heavy atom. The van der Waals surface area contributed by atoms with Gasteiger partial charge in [-0.05, 0) is 37.5 Å². The zero-order valence-corrected chi connectivity index (χ0v) is 11.0. The summed E-state index contributed by atoms with van der Waals surface area (Å²) in [7, 11) is 0. The number of benzene rings is 1. The second-order valence-corrected chi connectivity index (χ2v) is 4.51. The van der Waals surface area contributed by atoms with Gasteiger partial charge in [0.15, 0.2) is 5.78 Å². The second kappa shape index (κ2) is 6.36. The van der Waals surface area contributed by atoms with Crippen molar-refractivity contribution >= 4 is 5.78 Å². The Balaban J connectivity index is 2.68. The van der Waals surface area contributed by atoms with Gasteiger partial charge in [-0.2, -0.15) is 0 Å². The SMILES string of the molecule is C=CCNCC(=O)Cc1c(C)cc(C)cc1C. The summed E-state index contributed by atoms with van der Waals surface area (Å²) >= 11 is 0. The lowest BCUT2D eigenvalue weighted by Crippen LogP contribution is -2.24. The molecule has 17 heavy (non-hydrogen) atoms. The minimum Gasteiger partial charge on any atom is -0.307 e. The van der Waals surface area contributed by atoms with Gasteiger partial charge in [-0.3, -0.25) is 4.79 Å². The molecule has 92 valence electrons. The highest BCUT2D eigenvalue weighted by Crippen LogP contribution is 2.16. The molecule has 2 nitrogen and oxygen atoms in total. The fourth-order valence-electron chi connectivity index (χ4n) is 2.06. The summed E-state index contributed by atoms with van der Waals surface area (Å²) in [5, 5.41) is 3.04. The summed E-state index contributed by atoms with van der Waals surface area (Å²) in [4.78, 5) is 11.8. The van der Waals surface area contributed by atoms with Crippen LogP contribution in [0.5, 0.6) is 0 Å². The third-order valence-electron chi connectivity index (χ3n) is 2.83. The van der Waals surface area contributed by atoms with Gasteiger partial charge in [-0.25, -0.2) is 0 Å². The van der Waals surface area contributed by atoms with Gasteiger partial charge in [-0.15, -0.1) is 6.58 Å². The van der Waals surface area contributed by atoms with Crippen LogP contribution in [0.1, 0.15) is 22.3 Å². The summed E-state index contributed by atoms with van der Waals surface area (Å²) in [6.45, 7) is 10.9. The van der Waals surface area contributed by atoms with Crippen molar-refractivity contribution in [2.75, 3.05) is 13.1 Å². The van der Waals surface area contributed by atoms with Crippen LogP contribution in [0.2, 0.25) is 0 Å². The van der Waals surface area contributed by atoms with Gasteiger partial charge < -0.3 is 5.32 Å². The van der Waals surface area contributed by atoms with Crippen LogP contribution in [-0.4, -0.2) is 18.9 Å². The van der Waals surface area contributed by atoms with Crippen molar-refractivity contribution in [3.63, 3.8) is 0 Å². The average Bonchev–Trinajstić information content (AvgIpc) is 2.24. The van der Waals surface area contributed by atoms with E-state index in [-0.39, 0.29) is 5.78 Å². The van der Waals surface area contributed by atoms with Gasteiger partial charge >= 0.3 is 0 Å². The molecule has 0 aliphatic carbocycles. The van der Waals surface area contributed by atoms with Crippen molar-refractivity contribution in [1.82, 2.24) is 5.32 Å². The fourth-order valence-corrected chi connectivity index (χ4v) is 2.06. The maximum atomic E-state index is 11.8. The minimum atomic E-state index is 0.224. The third kappa shape index (κ3) is 4.16. The van der Waals surface area contributed by atoms with Crippen molar-refractivity contribution in [2.45, 2.75) is 27.2 Å². The van der Waals surface area contributed by atoms with Gasteiger partial charge in [0.1, 0.15) is 0 Å². The Bertz CT molecular complexity index is 398. The molecule has 0 saturated carbocycles. The Hall–Kier alpha value is -1.41. The Morgan fingerprint density at radius 2 is 1.88 bits per heavy atom. The monoisotopic (exact) mass is 231 g/mol. The van der Waals surface area contributed by atoms with Crippen LogP contribution in [0.3, 0.4) is 0 Å². The molecule has 0 radical (unpaired) electrons. The highest BCUT2D eigenvalue weighted by molar-refractivity contribution is 5.83. The highest BCUT2D eigenvalue weighted by atomic mass is 16.1. The molecule has 0 heterocycles. The van der Waals surface area contributed by atoms with Crippen LogP contribution in [0.4, 0.5) is 0 Å². The van der Waals surface area contributed by atoms with E-state index in [0.717, 1.165) is 0 Å². The number of aryl methyl sites for hydroxylation is 3. The van der Waals surface area contributed by atoms with E-state index < -0.39 is 0 Å². The molecule has 0 fully saturated rings. The zero-order valence-electron chi connectivity index (χ0n) is 11.0. The van der Waals surface area contributed by atoms with E-state index in [1.165, 1.54) is 22.3 Å². The molecule has 2 heteroatoms. The van der Waals surface area contributed by atoms with Gasteiger partial charge in [0, 0.05) is 13.0 Å². The Labute approximate surface area is 104 Å². The maximum absolute atomic E-state index is 11.8. The molecular weight excluding hydrogens is 210 g/mol. The zero-order chi connectivity index (χ0) is 12.8.